The summed E-state index contributed by atoms with van der Waals surface area (Å²) >= 11 is 6.18. The van der Waals surface area contributed by atoms with E-state index in [1.807, 2.05) is 14.1 Å². The fourth-order valence-corrected chi connectivity index (χ4v) is 2.69. The van der Waals surface area contributed by atoms with E-state index in [1.165, 1.54) is 0 Å². The van der Waals surface area contributed by atoms with Gasteiger partial charge in [0.2, 0.25) is 0 Å². The first-order chi connectivity index (χ1) is 8.47. The van der Waals surface area contributed by atoms with E-state index < -0.39 is 0 Å². The molecule has 5 nitrogen and oxygen atoms in total. The third-order valence-electron chi connectivity index (χ3n) is 3.08. The fraction of sp³-hybridized carbons (Fsp3) is 0.583. The molecule has 0 saturated carbocycles. The lowest BCUT2D eigenvalue weighted by Crippen LogP contribution is -2.38. The Kier molecular flexibility index (Phi) is 3.94. The molecule has 1 aromatic heterocycles. The molecular weight excluding hydrogens is 252 g/mol. The Morgan fingerprint density at radius 2 is 2.33 bits per heavy atom. The number of nitrogens with zero attached hydrogens (tertiary/aromatic N) is 3. The van der Waals surface area contributed by atoms with Crippen molar-refractivity contribution in [3.63, 3.8) is 0 Å². The van der Waals surface area contributed by atoms with E-state index in [0.717, 1.165) is 13.0 Å². The Bertz CT molecular complexity index is 427. The van der Waals surface area contributed by atoms with Gasteiger partial charge in [0.1, 0.15) is 5.82 Å². The van der Waals surface area contributed by atoms with Gasteiger partial charge in [-0.2, -0.15) is 0 Å². The lowest BCUT2D eigenvalue weighted by molar-refractivity contribution is 0.191. The normalized spacial score (nSPS) is 23.9. The zero-order valence-corrected chi connectivity index (χ0v) is 11.4. The Labute approximate surface area is 112 Å². The SMILES string of the molecule is CN(C)CC1CC(O)CN1c1ncc(N)cc1Cl. The summed E-state index contributed by atoms with van der Waals surface area (Å²) in [7, 11) is 4.03. The quantitative estimate of drug-likeness (QED) is 0.851. The maximum atomic E-state index is 9.83. The number of nitrogen functional groups attached to an aromatic ring is 1. The molecular formula is C12H19ClN4O. The summed E-state index contributed by atoms with van der Waals surface area (Å²) < 4.78 is 0. The van der Waals surface area contributed by atoms with Crippen molar-refractivity contribution in [1.82, 2.24) is 9.88 Å². The fourth-order valence-electron chi connectivity index (χ4n) is 2.40. The van der Waals surface area contributed by atoms with E-state index in [2.05, 4.69) is 14.8 Å². The van der Waals surface area contributed by atoms with Crippen molar-refractivity contribution < 1.29 is 5.11 Å². The molecule has 1 fully saturated rings. The minimum absolute atomic E-state index is 0.226. The number of likely N-dealkylation sites (N-methyl/N-ethyl adjacent to an activating group) is 1. The van der Waals surface area contributed by atoms with Gasteiger partial charge in [0.05, 0.1) is 23.0 Å². The second kappa shape index (κ2) is 5.30. The number of aliphatic hydroxyl groups excluding tert-OH is 1. The molecule has 2 heterocycles. The lowest BCUT2D eigenvalue weighted by Gasteiger charge is -2.28. The average molecular weight is 271 g/mol. The van der Waals surface area contributed by atoms with Gasteiger partial charge < -0.3 is 20.6 Å². The minimum Gasteiger partial charge on any atom is -0.397 e. The van der Waals surface area contributed by atoms with Crippen molar-refractivity contribution in [1.29, 1.82) is 0 Å². The van der Waals surface area contributed by atoms with E-state index in [1.54, 1.807) is 12.3 Å². The highest BCUT2D eigenvalue weighted by Gasteiger charge is 2.33. The number of hydrogen-bond donors (Lipinski definition) is 2. The molecule has 18 heavy (non-hydrogen) atoms. The zero-order chi connectivity index (χ0) is 13.3. The Morgan fingerprint density at radius 3 is 2.94 bits per heavy atom. The van der Waals surface area contributed by atoms with Crippen molar-refractivity contribution in [3.05, 3.63) is 17.3 Å². The van der Waals surface area contributed by atoms with E-state index >= 15 is 0 Å². The number of β-amino-alcohol motifs (C(OH)–C–C–N with tert-alkyl or cyclic N) is 1. The van der Waals surface area contributed by atoms with E-state index in [9.17, 15) is 5.11 Å². The van der Waals surface area contributed by atoms with Crippen molar-refractivity contribution in [3.8, 4) is 0 Å². The molecule has 2 unspecified atom stereocenters. The number of anilines is 2. The first-order valence-electron chi connectivity index (χ1n) is 5.98. The lowest BCUT2D eigenvalue weighted by atomic mass is 10.2. The van der Waals surface area contributed by atoms with E-state index in [0.29, 0.717) is 23.1 Å². The van der Waals surface area contributed by atoms with Crippen LogP contribution in [0.5, 0.6) is 0 Å². The number of nitrogens with two attached hydrogens (primary N) is 1. The van der Waals surface area contributed by atoms with Crippen LogP contribution in [0.2, 0.25) is 5.02 Å². The highest BCUT2D eigenvalue weighted by Crippen LogP contribution is 2.31. The first-order valence-corrected chi connectivity index (χ1v) is 6.35. The van der Waals surface area contributed by atoms with Gasteiger partial charge in [-0.15, -0.1) is 0 Å². The van der Waals surface area contributed by atoms with Gasteiger partial charge in [0, 0.05) is 19.1 Å². The van der Waals surface area contributed by atoms with Crippen LogP contribution >= 0.6 is 11.6 Å². The van der Waals surface area contributed by atoms with Gasteiger partial charge in [0.25, 0.3) is 0 Å². The number of halogens is 1. The molecule has 6 heteroatoms. The van der Waals surface area contributed by atoms with Crippen LogP contribution < -0.4 is 10.6 Å². The van der Waals surface area contributed by atoms with Crippen LogP contribution in [0.4, 0.5) is 11.5 Å². The zero-order valence-electron chi connectivity index (χ0n) is 10.7. The number of hydrogen-bond acceptors (Lipinski definition) is 5. The third kappa shape index (κ3) is 2.85. The molecule has 1 aliphatic rings. The van der Waals surface area contributed by atoms with Gasteiger partial charge in [-0.3, -0.25) is 0 Å². The minimum atomic E-state index is -0.328. The van der Waals surface area contributed by atoms with Gasteiger partial charge in [-0.1, -0.05) is 11.6 Å². The number of pyridine rings is 1. The molecule has 0 aromatic carbocycles. The highest BCUT2D eigenvalue weighted by atomic mass is 35.5. The van der Waals surface area contributed by atoms with Gasteiger partial charge in [-0.25, -0.2) is 4.98 Å². The Hall–Kier alpha value is -1.04. The first kappa shape index (κ1) is 13.4. The van der Waals surface area contributed by atoms with Gasteiger partial charge in [0.15, 0.2) is 0 Å². The summed E-state index contributed by atoms with van der Waals surface area (Å²) in [5.74, 6) is 0.703. The molecule has 100 valence electrons. The molecule has 1 saturated heterocycles. The third-order valence-corrected chi connectivity index (χ3v) is 3.36. The Morgan fingerprint density at radius 1 is 1.61 bits per heavy atom. The van der Waals surface area contributed by atoms with Crippen LogP contribution in [-0.4, -0.2) is 54.3 Å². The summed E-state index contributed by atoms with van der Waals surface area (Å²) in [5.41, 5.74) is 6.19. The predicted octanol–water partition coefficient (Wildman–Crippen LogP) is 0.818. The maximum Gasteiger partial charge on any atom is 0.147 e. The van der Waals surface area contributed by atoms with Crippen LogP contribution in [0.1, 0.15) is 6.42 Å². The molecule has 0 bridgehead atoms. The predicted molar refractivity (Wildman–Crippen MR) is 74.0 cm³/mol. The molecule has 0 amide bonds. The largest absolute Gasteiger partial charge is 0.397 e. The maximum absolute atomic E-state index is 9.83. The van der Waals surface area contributed by atoms with Crippen molar-refractivity contribution in [2.45, 2.75) is 18.6 Å². The van der Waals surface area contributed by atoms with Crippen molar-refractivity contribution in [2.75, 3.05) is 37.8 Å². The second-order valence-electron chi connectivity index (χ2n) is 5.03. The highest BCUT2D eigenvalue weighted by molar-refractivity contribution is 6.33. The molecule has 0 spiro atoms. The summed E-state index contributed by atoms with van der Waals surface area (Å²) in [4.78, 5) is 8.45. The second-order valence-corrected chi connectivity index (χ2v) is 5.44. The molecule has 0 radical (unpaired) electrons. The summed E-state index contributed by atoms with van der Waals surface area (Å²) in [6, 6.07) is 1.92. The standard InChI is InChI=1S/C12H19ClN4O/c1-16(2)6-9-4-10(18)7-17(9)12-11(13)3-8(14)5-15-12/h3,5,9-10,18H,4,6-7,14H2,1-2H3. The monoisotopic (exact) mass is 270 g/mol. The van der Waals surface area contributed by atoms with Crippen LogP contribution in [0.15, 0.2) is 12.3 Å². The number of aromatic nitrogens is 1. The Balaban J connectivity index is 2.24. The molecule has 2 rings (SSSR count). The van der Waals surface area contributed by atoms with Crippen molar-refractivity contribution >= 4 is 23.1 Å². The van der Waals surface area contributed by atoms with Crippen LogP contribution in [-0.2, 0) is 0 Å². The smallest absolute Gasteiger partial charge is 0.147 e. The molecule has 2 atom stereocenters. The van der Waals surface area contributed by atoms with Crippen LogP contribution in [0.3, 0.4) is 0 Å². The molecule has 1 aliphatic heterocycles. The molecule has 3 N–H and O–H groups in total. The molecule has 1 aromatic rings. The summed E-state index contributed by atoms with van der Waals surface area (Å²) in [5, 5.41) is 10.4. The summed E-state index contributed by atoms with van der Waals surface area (Å²) in [6.07, 6.45) is 2.00. The topological polar surface area (TPSA) is 65.6 Å². The van der Waals surface area contributed by atoms with Gasteiger partial charge in [-0.05, 0) is 26.6 Å². The van der Waals surface area contributed by atoms with E-state index in [4.69, 9.17) is 17.3 Å². The van der Waals surface area contributed by atoms with Gasteiger partial charge >= 0.3 is 0 Å². The number of rotatable bonds is 3. The number of aliphatic hydroxyl groups is 1. The van der Waals surface area contributed by atoms with Crippen LogP contribution in [0, 0.1) is 0 Å². The van der Waals surface area contributed by atoms with E-state index in [-0.39, 0.29) is 12.1 Å². The summed E-state index contributed by atoms with van der Waals surface area (Å²) in [6.45, 7) is 1.43. The molecule has 0 aliphatic carbocycles. The average Bonchev–Trinajstić information content (AvgIpc) is 2.58. The van der Waals surface area contributed by atoms with Crippen LogP contribution in [0.25, 0.3) is 0 Å². The van der Waals surface area contributed by atoms with Crippen molar-refractivity contribution in [2.24, 2.45) is 0 Å².